The number of imidazole rings is 1. The van der Waals surface area contributed by atoms with Gasteiger partial charge in [-0.3, -0.25) is 9.55 Å². The zero-order valence-corrected chi connectivity index (χ0v) is 38.0. The average Bonchev–Trinajstić information content (AvgIpc) is 3.68. The molecule has 62 heavy (non-hydrogen) atoms. The van der Waals surface area contributed by atoms with Gasteiger partial charge < -0.3 is 5.11 Å². The number of phenolic OH excluding ortho intramolecular Hbond substituents is 1. The summed E-state index contributed by atoms with van der Waals surface area (Å²) in [6.45, 7) is 10.4. The summed E-state index contributed by atoms with van der Waals surface area (Å²) < 4.78 is 28.2. The molecule has 310 valence electrons. The van der Waals surface area contributed by atoms with Crippen molar-refractivity contribution in [2.24, 2.45) is 0 Å². The van der Waals surface area contributed by atoms with Gasteiger partial charge in [0.1, 0.15) is 11.6 Å². The number of benzene rings is 7. The van der Waals surface area contributed by atoms with E-state index in [1.807, 2.05) is 114 Å². The normalized spacial score (nSPS) is 12.6. The van der Waals surface area contributed by atoms with Crippen LogP contribution in [0.5, 0.6) is 5.75 Å². The van der Waals surface area contributed by atoms with Gasteiger partial charge in [-0.15, -0.1) is 23.8 Å². The number of hydrogen-bond donors (Lipinski definition) is 1. The van der Waals surface area contributed by atoms with E-state index < -0.39 is 12.3 Å². The molecule has 9 aromatic rings. The summed E-state index contributed by atoms with van der Waals surface area (Å²) >= 11 is 0. The minimum absolute atomic E-state index is 0. The van der Waals surface area contributed by atoms with Crippen LogP contribution in [0.15, 0.2) is 170 Å². The molecule has 0 unspecified atom stereocenters. The van der Waals surface area contributed by atoms with Crippen LogP contribution in [0.2, 0.25) is 0 Å². The first-order chi connectivity index (χ1) is 30.5. The van der Waals surface area contributed by atoms with Crippen molar-refractivity contribution in [3.63, 3.8) is 0 Å². The van der Waals surface area contributed by atoms with Crippen molar-refractivity contribution in [3.05, 3.63) is 193 Å². The van der Waals surface area contributed by atoms with Gasteiger partial charge >= 0.3 is 0 Å². The van der Waals surface area contributed by atoms with Gasteiger partial charge in [-0.05, 0) is 87.0 Å². The molecule has 0 aliphatic heterocycles. The fourth-order valence-electron chi connectivity index (χ4n) is 8.15. The second-order valence-electron chi connectivity index (χ2n) is 17.8. The second kappa shape index (κ2) is 16.8. The van der Waals surface area contributed by atoms with Crippen molar-refractivity contribution in [2.45, 2.75) is 59.2 Å². The van der Waals surface area contributed by atoms with Crippen molar-refractivity contribution in [3.8, 4) is 78.6 Å². The van der Waals surface area contributed by atoms with E-state index in [9.17, 15) is 5.11 Å². The Kier molecular flexibility index (Phi) is 10.5. The topological polar surface area (TPSA) is 50.9 Å². The Morgan fingerprint density at radius 1 is 0.565 bits per heavy atom. The molecular weight excluding hydrogens is 938 g/mol. The molecule has 0 atom stereocenters. The fraction of sp³-hybridized carbons (Fsp3) is 0.158. The van der Waals surface area contributed by atoms with Crippen molar-refractivity contribution < 1.29 is 30.3 Å². The molecule has 1 N–H and O–H groups in total. The third-order valence-electron chi connectivity index (χ3n) is 11.5. The number of para-hydroxylation sites is 1. The fourth-order valence-corrected chi connectivity index (χ4v) is 8.15. The van der Waals surface area contributed by atoms with Gasteiger partial charge in [0.05, 0.1) is 16.6 Å². The van der Waals surface area contributed by atoms with E-state index in [1.165, 1.54) is 0 Å². The molecule has 0 saturated heterocycles. The Balaban J connectivity index is 0.00000576. The monoisotopic (exact) mass is 990 g/mol. The maximum absolute atomic E-state index is 12.4. The molecule has 2 aromatic heterocycles. The Morgan fingerprint density at radius 3 is 1.85 bits per heavy atom. The van der Waals surface area contributed by atoms with Crippen molar-refractivity contribution in [1.82, 2.24) is 14.5 Å². The first kappa shape index (κ1) is 38.6. The maximum Gasteiger partial charge on any atom is 0.148 e. The van der Waals surface area contributed by atoms with Crippen LogP contribution in [0, 0.1) is 12.9 Å². The SMILES string of the molecule is [2H]C([2H])([2H])c1cc(-n2c(-c3cc(C(C)(C)C)cc(C(C)(C)C)c3O)nc3c(-c4[c-]c(-c5cc(-c6ccccc6)ccn5)cc(-c5ccccc5)c4)cccc32)ccc1-c1ccccc1.[Pt]. The maximum atomic E-state index is 12.4. The van der Waals surface area contributed by atoms with Crippen LogP contribution < -0.4 is 0 Å². The van der Waals surface area contributed by atoms with E-state index in [4.69, 9.17) is 14.1 Å². The predicted octanol–water partition coefficient (Wildman–Crippen LogP) is 14.8. The zero-order chi connectivity index (χ0) is 45.0. The largest absolute Gasteiger partial charge is 0.507 e. The van der Waals surface area contributed by atoms with Crippen LogP contribution in [-0.4, -0.2) is 19.6 Å². The van der Waals surface area contributed by atoms with Crippen LogP contribution in [-0.2, 0) is 31.9 Å². The number of phenols is 1. The summed E-state index contributed by atoms with van der Waals surface area (Å²) in [5.41, 5.74) is 12.9. The van der Waals surface area contributed by atoms with E-state index >= 15 is 0 Å². The van der Waals surface area contributed by atoms with Crippen LogP contribution in [0.4, 0.5) is 0 Å². The predicted molar refractivity (Wildman–Crippen MR) is 254 cm³/mol. The first-order valence-corrected chi connectivity index (χ1v) is 20.8. The summed E-state index contributed by atoms with van der Waals surface area (Å²) in [5.74, 6) is 0.636. The van der Waals surface area contributed by atoms with E-state index in [0.29, 0.717) is 28.2 Å². The van der Waals surface area contributed by atoms with Crippen molar-refractivity contribution in [2.75, 3.05) is 0 Å². The average molecular weight is 991 g/mol. The molecule has 0 radical (unpaired) electrons. The molecule has 2 heterocycles. The molecule has 4 nitrogen and oxygen atoms in total. The molecule has 0 aliphatic carbocycles. The van der Waals surface area contributed by atoms with Crippen LogP contribution >= 0.6 is 0 Å². The van der Waals surface area contributed by atoms with E-state index in [2.05, 4.69) is 102 Å². The number of nitrogens with zero attached hydrogens (tertiary/aromatic N) is 3. The second-order valence-corrected chi connectivity index (χ2v) is 17.8. The summed E-state index contributed by atoms with van der Waals surface area (Å²) in [7, 11) is 0. The summed E-state index contributed by atoms with van der Waals surface area (Å²) in [6, 6.07) is 58.2. The number of aryl methyl sites for hydroxylation is 1. The van der Waals surface area contributed by atoms with E-state index in [-0.39, 0.29) is 37.8 Å². The quantitative estimate of drug-likeness (QED) is 0.162. The molecule has 0 aliphatic rings. The molecule has 0 bridgehead atoms. The van der Waals surface area contributed by atoms with E-state index in [1.54, 1.807) is 6.07 Å². The van der Waals surface area contributed by atoms with Gasteiger partial charge in [0, 0.05) is 48.3 Å². The molecule has 7 aromatic carbocycles. The molecule has 9 rings (SSSR count). The Hall–Kier alpha value is -6.35. The van der Waals surface area contributed by atoms with Gasteiger partial charge in [-0.25, -0.2) is 4.98 Å². The van der Waals surface area contributed by atoms with Crippen LogP contribution in [0.1, 0.15) is 62.3 Å². The first-order valence-electron chi connectivity index (χ1n) is 22.3. The van der Waals surface area contributed by atoms with Gasteiger partial charge in [0.15, 0.2) is 0 Å². The number of fused-ring (bicyclic) bond motifs is 1. The van der Waals surface area contributed by atoms with Crippen molar-refractivity contribution in [1.29, 1.82) is 0 Å². The number of rotatable bonds is 7. The van der Waals surface area contributed by atoms with E-state index in [0.717, 1.165) is 66.8 Å². The minimum Gasteiger partial charge on any atom is -0.507 e. The van der Waals surface area contributed by atoms with Crippen molar-refractivity contribution >= 4 is 11.0 Å². The number of pyridine rings is 1. The number of aromatic nitrogens is 3. The van der Waals surface area contributed by atoms with Crippen LogP contribution in [0.3, 0.4) is 0 Å². The molecule has 0 saturated carbocycles. The Labute approximate surface area is 384 Å². The molecule has 5 heteroatoms. The summed E-state index contributed by atoms with van der Waals surface area (Å²) in [6.07, 6.45) is 1.84. The van der Waals surface area contributed by atoms with Gasteiger partial charge in [0.2, 0.25) is 0 Å². The third kappa shape index (κ3) is 8.20. The minimum atomic E-state index is -2.42. The summed E-state index contributed by atoms with van der Waals surface area (Å²) in [4.78, 5) is 10.4. The Bertz CT molecular complexity index is 3170. The number of hydrogen-bond acceptors (Lipinski definition) is 3. The van der Waals surface area contributed by atoms with Gasteiger partial charge in [-0.2, -0.15) is 0 Å². The summed E-state index contributed by atoms with van der Waals surface area (Å²) in [5, 5.41) is 12.4. The smallest absolute Gasteiger partial charge is 0.148 e. The number of aromatic hydroxyl groups is 1. The third-order valence-corrected chi connectivity index (χ3v) is 11.5. The van der Waals surface area contributed by atoms with Crippen LogP contribution in [0.25, 0.3) is 83.9 Å². The molecule has 0 amide bonds. The van der Waals surface area contributed by atoms with Gasteiger partial charge in [-0.1, -0.05) is 180 Å². The Morgan fingerprint density at radius 2 is 1.21 bits per heavy atom. The standard InChI is InChI=1S/C57H50N3O.Pt/c1-37-30-46(26-27-47(37)40-22-15-10-16-23-40)60-52-25-17-24-48(53(52)59-55(60)49-35-45(56(2,3)4)36-50(54(49)61)57(5,6)7)43-31-42(39-20-13-9-14-21-39)32-44(33-43)51-34-41(28-29-58-51)38-18-11-8-12-19-38;/h8-32,34-36,61H,1-7H3;/q-1;/i1D3;. The molecular formula is C57H50N3OPt-. The molecule has 0 spiro atoms. The molecule has 0 fully saturated rings. The van der Waals surface area contributed by atoms with Gasteiger partial charge in [0.25, 0.3) is 0 Å². The zero-order valence-electron chi connectivity index (χ0n) is 38.8.